The number of anilines is 2. The number of methoxy groups -OCH3 is 1. The minimum absolute atomic E-state index is 0.00907. The van der Waals surface area contributed by atoms with E-state index >= 15 is 4.79 Å². The number of carboxylic acids is 1. The molecular formula is C66H101N10O6+. The zero-order valence-corrected chi connectivity index (χ0v) is 50.7. The topological polar surface area (TPSA) is 168 Å². The molecule has 4 aliphatic heterocycles. The summed E-state index contributed by atoms with van der Waals surface area (Å²) < 4.78 is 15.2. The van der Waals surface area contributed by atoms with E-state index in [0.717, 1.165) is 100 Å². The summed E-state index contributed by atoms with van der Waals surface area (Å²) in [6.07, 6.45) is 30.5. The number of aryl methyl sites for hydroxylation is 3. The fraction of sp³-hybridized carbons (Fsp3) is 0.682. The second-order valence-corrected chi connectivity index (χ2v) is 25.6. The van der Waals surface area contributed by atoms with Crippen molar-refractivity contribution >= 4 is 29.3 Å². The van der Waals surface area contributed by atoms with E-state index in [4.69, 9.17) is 14.5 Å². The SMILES string of the molecule is COc1ccc(C(=O)N(CC(C)(C)CCn2cc(CCCCCCCCCCCCCCCCCC(=O)NCCC[N+]34CCN(CC3)CC4)nn2)c2cccc(C)n2)c(N2CCC(COc3cc([C@@H](CC(=O)O)C4CC4)ccn3)CC2)c1. The van der Waals surface area contributed by atoms with Crippen molar-refractivity contribution in [3.63, 3.8) is 0 Å². The summed E-state index contributed by atoms with van der Waals surface area (Å²) >= 11 is 0. The minimum atomic E-state index is -0.776. The van der Waals surface area contributed by atoms with Gasteiger partial charge < -0.3 is 29.3 Å². The van der Waals surface area contributed by atoms with Crippen molar-refractivity contribution in [3.8, 4) is 11.6 Å². The maximum atomic E-state index is 15.1. The molecule has 1 atom stereocenters. The lowest BCUT2D eigenvalue weighted by atomic mass is 9.88. The number of pyridine rings is 2. The predicted octanol–water partition coefficient (Wildman–Crippen LogP) is 11.8. The number of quaternary nitrogens is 1. The zero-order valence-electron chi connectivity index (χ0n) is 50.7. The molecule has 1 saturated carbocycles. The van der Waals surface area contributed by atoms with Gasteiger partial charge in [-0.1, -0.05) is 109 Å². The Morgan fingerprint density at radius 2 is 1.49 bits per heavy atom. The predicted molar refractivity (Wildman–Crippen MR) is 326 cm³/mol. The number of nitrogens with one attached hydrogen (secondary N) is 1. The van der Waals surface area contributed by atoms with Crippen molar-refractivity contribution in [2.45, 2.75) is 187 Å². The number of amides is 2. The molecule has 0 radical (unpaired) electrons. The number of hydrogen-bond acceptors (Lipinski definition) is 11. The first-order chi connectivity index (χ1) is 39.8. The van der Waals surface area contributed by atoms with E-state index in [1.54, 1.807) is 13.3 Å². The molecule has 4 saturated heterocycles. The standard InChI is InChI=1S/C66H100N10O6/c1-52-22-20-24-61(69-52)75(65(80)58-29-28-57(81-4)47-60(58)73-36-31-53(32-37-73)50-82-63-46-55(30-35-68-63)59(48-64(78)79)54-26-27-54)51-66(2,3)33-38-74-49-56(70-71-74)23-18-16-14-12-10-8-6-5-7-9-11-13-15-17-19-25-62(77)67-34-21-42-76-43-39-72(40-44-76)41-45-76/h20,22,24,28-30,35,46-47,49,53-54,59H,5-19,21,23,25-27,31-34,36-45,48,50-51H2,1-4H3,(H-,67,77,78,79)/p+1/t59-/m0/s1. The Labute approximate surface area is 491 Å². The highest BCUT2D eigenvalue weighted by Crippen LogP contribution is 2.45. The van der Waals surface area contributed by atoms with E-state index in [1.807, 2.05) is 65.0 Å². The first kappa shape index (κ1) is 62.4. The van der Waals surface area contributed by atoms with Gasteiger partial charge in [-0.3, -0.25) is 28.9 Å². The molecule has 16 nitrogen and oxygen atoms in total. The summed E-state index contributed by atoms with van der Waals surface area (Å²) in [5.74, 6) is 1.95. The van der Waals surface area contributed by atoms with Crippen LogP contribution in [0.5, 0.6) is 11.6 Å². The lowest BCUT2D eigenvalue weighted by Crippen LogP contribution is -2.67. The molecule has 1 aliphatic carbocycles. The molecule has 2 amide bonds. The van der Waals surface area contributed by atoms with Crippen LogP contribution in [0.4, 0.5) is 11.5 Å². The third kappa shape index (κ3) is 20.0. The number of rotatable bonds is 38. The van der Waals surface area contributed by atoms with Gasteiger partial charge in [0, 0.05) is 95.4 Å². The van der Waals surface area contributed by atoms with Crippen LogP contribution >= 0.6 is 0 Å². The van der Waals surface area contributed by atoms with Crippen LogP contribution < -0.4 is 24.6 Å². The molecule has 16 heteroatoms. The smallest absolute Gasteiger partial charge is 0.303 e. The first-order valence-electron chi connectivity index (χ1n) is 32.1. The molecule has 82 heavy (non-hydrogen) atoms. The van der Waals surface area contributed by atoms with Gasteiger partial charge in [-0.25, -0.2) is 9.97 Å². The molecule has 450 valence electrons. The number of fused-ring (bicyclic) bond motifs is 3. The van der Waals surface area contributed by atoms with Gasteiger partial charge in [0.15, 0.2) is 0 Å². The maximum Gasteiger partial charge on any atom is 0.303 e. The van der Waals surface area contributed by atoms with Gasteiger partial charge in [-0.15, -0.1) is 5.10 Å². The van der Waals surface area contributed by atoms with E-state index in [9.17, 15) is 14.7 Å². The number of aliphatic carboxylic acids is 1. The number of aromatic nitrogens is 5. The zero-order chi connectivity index (χ0) is 57.6. The van der Waals surface area contributed by atoms with Crippen molar-refractivity contribution in [3.05, 3.63) is 83.4 Å². The number of piperidine rings is 1. The van der Waals surface area contributed by atoms with Crippen LogP contribution in [0.25, 0.3) is 0 Å². The van der Waals surface area contributed by atoms with Gasteiger partial charge in [-0.05, 0) is 117 Å². The third-order valence-electron chi connectivity index (χ3n) is 18.4. The van der Waals surface area contributed by atoms with Gasteiger partial charge in [0.2, 0.25) is 11.8 Å². The Kier molecular flexibility index (Phi) is 24.3. The Morgan fingerprint density at radius 1 is 0.817 bits per heavy atom. The molecule has 5 aliphatic rings. The van der Waals surface area contributed by atoms with Gasteiger partial charge >= 0.3 is 5.97 Å². The summed E-state index contributed by atoms with van der Waals surface area (Å²) in [5, 5.41) is 21.8. The molecule has 4 aromatic rings. The molecule has 5 fully saturated rings. The van der Waals surface area contributed by atoms with Gasteiger partial charge in [0.05, 0.1) is 63.3 Å². The number of nitrogens with zero attached hydrogens (tertiary/aromatic N) is 9. The van der Waals surface area contributed by atoms with Crippen LogP contribution in [0.2, 0.25) is 0 Å². The van der Waals surface area contributed by atoms with Gasteiger partial charge in [0.1, 0.15) is 11.6 Å². The number of ether oxygens (including phenoxy) is 2. The highest BCUT2D eigenvalue weighted by molar-refractivity contribution is 6.09. The number of piperazine rings is 3. The molecule has 0 unspecified atom stereocenters. The minimum Gasteiger partial charge on any atom is -0.497 e. The monoisotopic (exact) mass is 1130 g/mol. The molecule has 0 spiro atoms. The second-order valence-electron chi connectivity index (χ2n) is 25.6. The van der Waals surface area contributed by atoms with Crippen LogP contribution in [0.1, 0.15) is 195 Å². The number of unbranched alkanes of at least 4 members (excludes halogenated alkanes) is 14. The van der Waals surface area contributed by atoms with E-state index in [-0.39, 0.29) is 29.6 Å². The van der Waals surface area contributed by atoms with Gasteiger partial charge in [-0.2, -0.15) is 0 Å². The average Bonchev–Trinajstić information content (AvgIpc) is 4.33. The van der Waals surface area contributed by atoms with Crippen LogP contribution in [-0.2, 0) is 22.6 Å². The normalized spacial score (nSPS) is 18.6. The largest absolute Gasteiger partial charge is 0.497 e. The fourth-order valence-corrected chi connectivity index (χ4v) is 12.9. The molecule has 2 N–H and O–H groups in total. The molecule has 1 aromatic carbocycles. The molecule has 7 heterocycles. The Balaban J connectivity index is 0.688. The van der Waals surface area contributed by atoms with Crippen molar-refractivity contribution in [1.82, 2.24) is 35.2 Å². The lowest BCUT2D eigenvalue weighted by Gasteiger charge is -2.50. The van der Waals surface area contributed by atoms with Gasteiger partial charge in [0.25, 0.3) is 5.91 Å². The van der Waals surface area contributed by atoms with E-state index in [1.165, 1.54) is 134 Å². The van der Waals surface area contributed by atoms with Crippen molar-refractivity contribution < 1.29 is 33.4 Å². The summed E-state index contributed by atoms with van der Waals surface area (Å²) in [7, 11) is 1.66. The maximum absolute atomic E-state index is 15.1. The van der Waals surface area contributed by atoms with E-state index in [0.29, 0.717) is 61.0 Å². The molecule has 2 bridgehead atoms. The first-order valence-corrected chi connectivity index (χ1v) is 32.1. The Bertz CT molecular complexity index is 2570. The van der Waals surface area contributed by atoms with Crippen LogP contribution in [0.3, 0.4) is 0 Å². The van der Waals surface area contributed by atoms with Crippen LogP contribution in [-0.4, -0.2) is 143 Å². The van der Waals surface area contributed by atoms with E-state index in [2.05, 4.69) is 50.5 Å². The second kappa shape index (κ2) is 31.9. The summed E-state index contributed by atoms with van der Waals surface area (Å²) in [4.78, 5) is 55.1. The Hall–Kier alpha value is -5.61. The summed E-state index contributed by atoms with van der Waals surface area (Å²) in [5.41, 5.74) is 4.06. The van der Waals surface area contributed by atoms with E-state index < -0.39 is 5.97 Å². The Morgan fingerprint density at radius 3 is 2.13 bits per heavy atom. The molecule has 3 aromatic heterocycles. The quantitative estimate of drug-likeness (QED) is 0.0322. The molecular weight excluding hydrogens is 1030 g/mol. The fourth-order valence-electron chi connectivity index (χ4n) is 12.9. The number of carboxylic acid groups (broad SMARTS) is 1. The van der Waals surface area contributed by atoms with Crippen molar-refractivity contribution in [1.29, 1.82) is 0 Å². The van der Waals surface area contributed by atoms with Crippen molar-refractivity contribution in [2.75, 3.05) is 95.5 Å². The summed E-state index contributed by atoms with van der Waals surface area (Å²) in [6.45, 7) is 19.3. The lowest BCUT2D eigenvalue weighted by molar-refractivity contribution is -0.941. The van der Waals surface area contributed by atoms with Crippen LogP contribution in [0, 0.1) is 24.2 Å². The highest BCUT2D eigenvalue weighted by atomic mass is 16.5. The highest BCUT2D eigenvalue weighted by Gasteiger charge is 2.38. The molecule has 9 rings (SSSR count). The number of carbonyl (C=O) groups excluding carboxylic acids is 2. The third-order valence-corrected chi connectivity index (χ3v) is 18.4. The van der Waals surface area contributed by atoms with Crippen molar-refractivity contribution in [2.24, 2.45) is 17.3 Å². The number of carbonyl (C=O) groups is 3. The van der Waals surface area contributed by atoms with Crippen LogP contribution in [0.15, 0.2) is 60.9 Å². The number of hydrogen-bond donors (Lipinski definition) is 2. The number of benzene rings is 1. The average molecular weight is 1130 g/mol. The summed E-state index contributed by atoms with van der Waals surface area (Å²) in [6, 6.07) is 15.5.